The minimum atomic E-state index is -0.447. The van der Waals surface area contributed by atoms with Gasteiger partial charge in [0, 0.05) is 25.2 Å². The van der Waals surface area contributed by atoms with E-state index in [-0.39, 0.29) is 18.3 Å². The summed E-state index contributed by atoms with van der Waals surface area (Å²) in [6.45, 7) is 7.94. The molecule has 3 nitrogen and oxygen atoms in total. The van der Waals surface area contributed by atoms with Crippen molar-refractivity contribution in [1.29, 1.82) is 0 Å². The number of halogens is 1. The Labute approximate surface area is 139 Å². The monoisotopic (exact) mass is 322 g/mol. The third-order valence-electron chi connectivity index (χ3n) is 5.12. The Bertz CT molecular complexity index is 526. The highest BCUT2D eigenvalue weighted by molar-refractivity contribution is 5.87. The van der Waals surface area contributed by atoms with E-state index >= 15 is 0 Å². The Morgan fingerprint density at radius 3 is 2.45 bits per heavy atom. The zero-order chi connectivity index (χ0) is 15.0. The van der Waals surface area contributed by atoms with Crippen LogP contribution < -0.4 is 5.32 Å². The molecule has 1 aromatic rings. The maximum Gasteiger partial charge on any atom is 0.232 e. The second kappa shape index (κ2) is 6.59. The van der Waals surface area contributed by atoms with Gasteiger partial charge in [0.15, 0.2) is 0 Å². The molecule has 0 saturated carbocycles. The van der Waals surface area contributed by atoms with Gasteiger partial charge in [-0.1, -0.05) is 29.8 Å². The number of likely N-dealkylation sites (tertiary alicyclic amines) is 1. The fraction of sp³-hybridized carbons (Fsp3) is 0.611. The SMILES string of the molecule is Cc1ccc(C(C)(C)C(=O)N2CCC3CCC(C2)N3)cc1.Cl. The van der Waals surface area contributed by atoms with Crippen LogP contribution in [-0.2, 0) is 10.2 Å². The Balaban J connectivity index is 0.00000176. The molecule has 2 unspecified atom stereocenters. The molecule has 0 aromatic heterocycles. The van der Waals surface area contributed by atoms with Crippen LogP contribution in [-0.4, -0.2) is 36.0 Å². The summed E-state index contributed by atoms with van der Waals surface area (Å²) in [6, 6.07) is 9.49. The van der Waals surface area contributed by atoms with Crippen molar-refractivity contribution in [2.45, 2.75) is 57.5 Å². The smallest absolute Gasteiger partial charge is 0.232 e. The minimum Gasteiger partial charge on any atom is -0.340 e. The summed E-state index contributed by atoms with van der Waals surface area (Å²) in [6.07, 6.45) is 3.57. The quantitative estimate of drug-likeness (QED) is 0.907. The molecule has 1 aromatic carbocycles. The number of fused-ring (bicyclic) bond motifs is 2. The average Bonchev–Trinajstić information content (AvgIpc) is 2.78. The van der Waals surface area contributed by atoms with E-state index in [0.29, 0.717) is 12.1 Å². The summed E-state index contributed by atoms with van der Waals surface area (Å²) < 4.78 is 0. The highest BCUT2D eigenvalue weighted by Gasteiger charge is 2.37. The normalized spacial score (nSPS) is 24.6. The van der Waals surface area contributed by atoms with Crippen LogP contribution in [0.5, 0.6) is 0 Å². The van der Waals surface area contributed by atoms with Gasteiger partial charge in [-0.05, 0) is 45.6 Å². The van der Waals surface area contributed by atoms with Gasteiger partial charge in [-0.2, -0.15) is 0 Å². The largest absolute Gasteiger partial charge is 0.340 e. The van der Waals surface area contributed by atoms with Crippen LogP contribution in [0.1, 0.15) is 44.2 Å². The number of carbonyl (C=O) groups excluding carboxylic acids is 1. The van der Waals surface area contributed by atoms with Crippen LogP contribution in [0.15, 0.2) is 24.3 Å². The van der Waals surface area contributed by atoms with Gasteiger partial charge >= 0.3 is 0 Å². The summed E-state index contributed by atoms with van der Waals surface area (Å²) in [4.78, 5) is 15.1. The molecule has 0 radical (unpaired) electrons. The Hall–Kier alpha value is -1.06. The summed E-state index contributed by atoms with van der Waals surface area (Å²) in [7, 11) is 0. The zero-order valence-electron chi connectivity index (χ0n) is 13.8. The molecule has 0 aliphatic carbocycles. The van der Waals surface area contributed by atoms with Crippen LogP contribution in [0.3, 0.4) is 0 Å². The van der Waals surface area contributed by atoms with E-state index in [0.717, 1.165) is 25.1 Å². The van der Waals surface area contributed by atoms with Gasteiger partial charge in [-0.25, -0.2) is 0 Å². The molecule has 2 atom stereocenters. The van der Waals surface area contributed by atoms with Crippen LogP contribution in [0.4, 0.5) is 0 Å². The molecule has 2 bridgehead atoms. The van der Waals surface area contributed by atoms with Gasteiger partial charge in [0.1, 0.15) is 0 Å². The van der Waals surface area contributed by atoms with Gasteiger partial charge in [0.05, 0.1) is 5.41 Å². The molecule has 0 spiro atoms. The molecular weight excluding hydrogens is 296 g/mol. The molecule has 22 heavy (non-hydrogen) atoms. The van der Waals surface area contributed by atoms with E-state index in [2.05, 4.69) is 55.3 Å². The molecule has 3 rings (SSSR count). The number of carbonyl (C=O) groups is 1. The van der Waals surface area contributed by atoms with Crippen molar-refractivity contribution in [3.8, 4) is 0 Å². The molecule has 2 heterocycles. The molecule has 2 saturated heterocycles. The fourth-order valence-electron chi connectivity index (χ4n) is 3.62. The van der Waals surface area contributed by atoms with Gasteiger partial charge in [0.2, 0.25) is 5.91 Å². The number of nitrogens with one attached hydrogen (secondary N) is 1. The van der Waals surface area contributed by atoms with E-state index in [4.69, 9.17) is 0 Å². The first kappa shape index (κ1) is 17.3. The lowest BCUT2D eigenvalue weighted by Gasteiger charge is -2.33. The summed E-state index contributed by atoms with van der Waals surface area (Å²) in [5.41, 5.74) is 1.90. The summed E-state index contributed by atoms with van der Waals surface area (Å²) in [5, 5.41) is 3.64. The Kier molecular flexibility index (Phi) is 5.18. The number of nitrogens with zero attached hydrogens (tertiary/aromatic N) is 1. The summed E-state index contributed by atoms with van der Waals surface area (Å²) in [5.74, 6) is 0.265. The predicted octanol–water partition coefficient (Wildman–Crippen LogP) is 3.05. The van der Waals surface area contributed by atoms with Gasteiger partial charge < -0.3 is 10.2 Å². The Morgan fingerprint density at radius 1 is 1.14 bits per heavy atom. The minimum absolute atomic E-state index is 0. The fourth-order valence-corrected chi connectivity index (χ4v) is 3.62. The maximum absolute atomic E-state index is 13.0. The van der Waals surface area contributed by atoms with Crippen molar-refractivity contribution in [3.63, 3.8) is 0 Å². The van der Waals surface area contributed by atoms with Crippen molar-refractivity contribution in [2.24, 2.45) is 0 Å². The molecule has 1 amide bonds. The molecule has 122 valence electrons. The zero-order valence-corrected chi connectivity index (χ0v) is 14.6. The second-order valence-electron chi connectivity index (χ2n) is 7.17. The molecule has 2 aliphatic heterocycles. The number of benzene rings is 1. The predicted molar refractivity (Wildman–Crippen MR) is 92.6 cm³/mol. The first-order valence-electron chi connectivity index (χ1n) is 8.09. The maximum atomic E-state index is 13.0. The van der Waals surface area contributed by atoms with Gasteiger partial charge in [-0.15, -0.1) is 12.4 Å². The molecular formula is C18H27ClN2O. The van der Waals surface area contributed by atoms with Crippen molar-refractivity contribution in [3.05, 3.63) is 35.4 Å². The molecule has 4 heteroatoms. The number of amides is 1. The topological polar surface area (TPSA) is 32.3 Å². The van der Waals surface area contributed by atoms with Gasteiger partial charge in [0.25, 0.3) is 0 Å². The van der Waals surface area contributed by atoms with E-state index in [1.54, 1.807) is 0 Å². The van der Waals surface area contributed by atoms with Crippen LogP contribution in [0.2, 0.25) is 0 Å². The average molecular weight is 323 g/mol. The summed E-state index contributed by atoms with van der Waals surface area (Å²) >= 11 is 0. The standard InChI is InChI=1S/C18H26N2O.ClH/c1-13-4-6-14(7-5-13)18(2,3)17(21)20-11-10-15-8-9-16(12-20)19-15;/h4-7,15-16,19H,8-12H2,1-3H3;1H. The van der Waals surface area contributed by atoms with E-state index in [9.17, 15) is 4.79 Å². The highest BCUT2D eigenvalue weighted by Crippen LogP contribution is 2.28. The van der Waals surface area contributed by atoms with E-state index < -0.39 is 5.41 Å². The molecule has 1 N–H and O–H groups in total. The van der Waals surface area contributed by atoms with E-state index in [1.807, 2.05) is 0 Å². The van der Waals surface area contributed by atoms with Crippen molar-refractivity contribution in [1.82, 2.24) is 10.2 Å². The molecule has 2 aliphatic rings. The van der Waals surface area contributed by atoms with Crippen molar-refractivity contribution in [2.75, 3.05) is 13.1 Å². The lowest BCUT2D eigenvalue weighted by Crippen LogP contribution is -2.47. The second-order valence-corrected chi connectivity index (χ2v) is 7.17. The third kappa shape index (κ3) is 3.31. The number of hydrogen-bond acceptors (Lipinski definition) is 2. The third-order valence-corrected chi connectivity index (χ3v) is 5.12. The Morgan fingerprint density at radius 2 is 1.77 bits per heavy atom. The van der Waals surface area contributed by atoms with Crippen molar-refractivity contribution >= 4 is 18.3 Å². The van der Waals surface area contributed by atoms with Crippen molar-refractivity contribution < 1.29 is 4.79 Å². The molecule has 2 fully saturated rings. The highest BCUT2D eigenvalue weighted by atomic mass is 35.5. The lowest BCUT2D eigenvalue weighted by atomic mass is 9.82. The number of aryl methyl sites for hydroxylation is 1. The van der Waals surface area contributed by atoms with Crippen LogP contribution in [0, 0.1) is 6.92 Å². The number of rotatable bonds is 2. The first-order chi connectivity index (χ1) is 9.96. The van der Waals surface area contributed by atoms with Gasteiger partial charge in [-0.3, -0.25) is 4.79 Å². The number of hydrogen-bond donors (Lipinski definition) is 1. The van der Waals surface area contributed by atoms with Crippen LogP contribution >= 0.6 is 12.4 Å². The first-order valence-corrected chi connectivity index (χ1v) is 8.09. The van der Waals surface area contributed by atoms with Crippen LogP contribution in [0.25, 0.3) is 0 Å². The lowest BCUT2D eigenvalue weighted by molar-refractivity contribution is -0.136. The van der Waals surface area contributed by atoms with E-state index in [1.165, 1.54) is 18.4 Å².